The van der Waals surface area contributed by atoms with Crippen LogP contribution >= 0.6 is 0 Å². The van der Waals surface area contributed by atoms with E-state index in [-0.39, 0.29) is 18.1 Å². The van der Waals surface area contributed by atoms with Crippen molar-refractivity contribution in [2.75, 3.05) is 32.0 Å². The molecule has 0 aromatic heterocycles. The van der Waals surface area contributed by atoms with Gasteiger partial charge in [-0.05, 0) is 26.0 Å². The lowest BCUT2D eigenvalue weighted by Gasteiger charge is -2.38. The molecule has 1 fully saturated rings. The van der Waals surface area contributed by atoms with Crippen molar-refractivity contribution >= 4 is 11.6 Å². The topological polar surface area (TPSA) is 64.8 Å². The van der Waals surface area contributed by atoms with Crippen LogP contribution in [0.3, 0.4) is 0 Å². The summed E-state index contributed by atoms with van der Waals surface area (Å²) < 4.78 is 11.0. The SMILES string of the molecule is CC1(C)CN(C(=O)COc2cccc(N)c2)CCO1. The van der Waals surface area contributed by atoms with E-state index in [4.69, 9.17) is 15.2 Å². The molecule has 1 aliphatic heterocycles. The largest absolute Gasteiger partial charge is 0.484 e. The zero-order chi connectivity index (χ0) is 13.9. The molecule has 0 aliphatic carbocycles. The normalized spacial score (nSPS) is 18.1. The Bertz CT molecular complexity index is 460. The first-order valence-corrected chi connectivity index (χ1v) is 6.36. The Morgan fingerprint density at radius 1 is 1.53 bits per heavy atom. The molecule has 0 bridgehead atoms. The number of nitrogens with zero attached hydrogens (tertiary/aromatic N) is 1. The van der Waals surface area contributed by atoms with Gasteiger partial charge in [-0.3, -0.25) is 4.79 Å². The molecule has 2 rings (SSSR count). The lowest BCUT2D eigenvalue weighted by atomic mass is 10.1. The van der Waals surface area contributed by atoms with E-state index in [0.29, 0.717) is 31.1 Å². The molecule has 0 atom stereocenters. The number of benzene rings is 1. The summed E-state index contributed by atoms with van der Waals surface area (Å²) in [5, 5.41) is 0. The van der Waals surface area contributed by atoms with E-state index in [1.165, 1.54) is 0 Å². The minimum Gasteiger partial charge on any atom is -0.484 e. The summed E-state index contributed by atoms with van der Waals surface area (Å²) >= 11 is 0. The number of morpholine rings is 1. The highest BCUT2D eigenvalue weighted by atomic mass is 16.5. The summed E-state index contributed by atoms with van der Waals surface area (Å²) in [5.74, 6) is 0.583. The van der Waals surface area contributed by atoms with Crippen molar-refractivity contribution in [1.82, 2.24) is 4.90 Å². The van der Waals surface area contributed by atoms with Gasteiger partial charge in [-0.1, -0.05) is 6.07 Å². The van der Waals surface area contributed by atoms with Crippen LogP contribution in [0.25, 0.3) is 0 Å². The molecule has 19 heavy (non-hydrogen) atoms. The van der Waals surface area contributed by atoms with Crippen LogP contribution in [-0.2, 0) is 9.53 Å². The molecule has 1 heterocycles. The van der Waals surface area contributed by atoms with Crippen LogP contribution in [0, 0.1) is 0 Å². The summed E-state index contributed by atoms with van der Waals surface area (Å²) in [6.45, 7) is 5.75. The summed E-state index contributed by atoms with van der Waals surface area (Å²) in [7, 11) is 0. The number of hydrogen-bond donors (Lipinski definition) is 1. The van der Waals surface area contributed by atoms with Crippen molar-refractivity contribution < 1.29 is 14.3 Å². The van der Waals surface area contributed by atoms with Gasteiger partial charge >= 0.3 is 0 Å². The summed E-state index contributed by atoms with van der Waals surface area (Å²) in [6.07, 6.45) is 0. The predicted molar refractivity (Wildman–Crippen MR) is 73.0 cm³/mol. The Morgan fingerprint density at radius 2 is 2.32 bits per heavy atom. The molecule has 1 saturated heterocycles. The first-order chi connectivity index (χ1) is 8.96. The van der Waals surface area contributed by atoms with Gasteiger partial charge in [0.2, 0.25) is 0 Å². The van der Waals surface area contributed by atoms with Gasteiger partial charge in [0.05, 0.1) is 12.2 Å². The molecule has 0 radical (unpaired) electrons. The molecular formula is C14H20N2O3. The third-order valence-electron chi connectivity index (χ3n) is 3.00. The molecule has 5 nitrogen and oxygen atoms in total. The number of amides is 1. The minimum absolute atomic E-state index is 0.0273. The van der Waals surface area contributed by atoms with Crippen LogP contribution in [0.5, 0.6) is 5.75 Å². The van der Waals surface area contributed by atoms with Crippen LogP contribution in [-0.4, -0.2) is 42.7 Å². The predicted octanol–water partition coefficient (Wildman–Crippen LogP) is 1.29. The number of rotatable bonds is 3. The fourth-order valence-electron chi connectivity index (χ4n) is 2.07. The summed E-state index contributed by atoms with van der Waals surface area (Å²) in [5.41, 5.74) is 5.99. The molecule has 2 N–H and O–H groups in total. The maximum Gasteiger partial charge on any atom is 0.260 e. The van der Waals surface area contributed by atoms with E-state index < -0.39 is 0 Å². The van der Waals surface area contributed by atoms with Gasteiger partial charge in [-0.25, -0.2) is 0 Å². The van der Waals surface area contributed by atoms with Crippen LogP contribution < -0.4 is 10.5 Å². The second-order valence-electron chi connectivity index (χ2n) is 5.28. The van der Waals surface area contributed by atoms with E-state index in [9.17, 15) is 4.79 Å². The Kier molecular flexibility index (Phi) is 3.95. The van der Waals surface area contributed by atoms with Gasteiger partial charge in [0, 0.05) is 24.8 Å². The minimum atomic E-state index is -0.287. The first kappa shape index (κ1) is 13.7. The number of hydrogen-bond acceptors (Lipinski definition) is 4. The second-order valence-corrected chi connectivity index (χ2v) is 5.28. The Balaban J connectivity index is 1.87. The standard InChI is InChI=1S/C14H20N2O3/c1-14(2)10-16(6-7-19-14)13(17)9-18-12-5-3-4-11(15)8-12/h3-5,8H,6-7,9-10,15H2,1-2H3. The van der Waals surface area contributed by atoms with Gasteiger partial charge in [-0.2, -0.15) is 0 Å². The Labute approximate surface area is 113 Å². The number of ether oxygens (including phenoxy) is 2. The van der Waals surface area contributed by atoms with E-state index in [2.05, 4.69) is 0 Å². The van der Waals surface area contributed by atoms with Crippen molar-refractivity contribution in [1.29, 1.82) is 0 Å². The molecular weight excluding hydrogens is 244 g/mol. The average Bonchev–Trinajstić information content (AvgIpc) is 2.35. The number of carbonyl (C=O) groups excluding carboxylic acids is 1. The van der Waals surface area contributed by atoms with E-state index in [1.54, 1.807) is 29.2 Å². The number of anilines is 1. The van der Waals surface area contributed by atoms with Gasteiger partial charge in [0.15, 0.2) is 6.61 Å². The zero-order valence-electron chi connectivity index (χ0n) is 11.4. The molecule has 1 aliphatic rings. The van der Waals surface area contributed by atoms with Crippen LogP contribution in [0.15, 0.2) is 24.3 Å². The van der Waals surface area contributed by atoms with Crippen molar-refractivity contribution in [3.8, 4) is 5.75 Å². The molecule has 0 saturated carbocycles. The lowest BCUT2D eigenvalue weighted by molar-refractivity contribution is -0.147. The molecule has 5 heteroatoms. The Hall–Kier alpha value is -1.75. The lowest BCUT2D eigenvalue weighted by Crippen LogP contribution is -2.51. The fraction of sp³-hybridized carbons (Fsp3) is 0.500. The molecule has 0 unspecified atom stereocenters. The highest BCUT2D eigenvalue weighted by Crippen LogP contribution is 2.17. The second kappa shape index (κ2) is 5.48. The number of nitrogens with two attached hydrogens (primary N) is 1. The van der Waals surface area contributed by atoms with Crippen molar-refractivity contribution in [2.24, 2.45) is 0 Å². The maximum absolute atomic E-state index is 12.1. The third kappa shape index (κ3) is 3.86. The molecule has 0 spiro atoms. The molecule has 1 aromatic carbocycles. The fourth-order valence-corrected chi connectivity index (χ4v) is 2.07. The van der Waals surface area contributed by atoms with E-state index >= 15 is 0 Å². The van der Waals surface area contributed by atoms with Gasteiger partial charge < -0.3 is 20.1 Å². The monoisotopic (exact) mass is 264 g/mol. The Morgan fingerprint density at radius 3 is 3.00 bits per heavy atom. The van der Waals surface area contributed by atoms with Crippen molar-refractivity contribution in [2.45, 2.75) is 19.4 Å². The summed E-state index contributed by atoms with van der Waals surface area (Å²) in [4.78, 5) is 13.8. The van der Waals surface area contributed by atoms with Crippen molar-refractivity contribution in [3.63, 3.8) is 0 Å². The maximum atomic E-state index is 12.1. The smallest absolute Gasteiger partial charge is 0.260 e. The molecule has 104 valence electrons. The number of nitrogen functional groups attached to an aromatic ring is 1. The number of carbonyl (C=O) groups is 1. The zero-order valence-corrected chi connectivity index (χ0v) is 11.4. The molecule has 1 amide bonds. The highest BCUT2D eigenvalue weighted by Gasteiger charge is 2.29. The van der Waals surface area contributed by atoms with Gasteiger partial charge in [0.1, 0.15) is 5.75 Å². The summed E-state index contributed by atoms with van der Waals surface area (Å²) in [6, 6.07) is 7.07. The quantitative estimate of drug-likeness (QED) is 0.835. The van der Waals surface area contributed by atoms with Crippen LogP contribution in [0.4, 0.5) is 5.69 Å². The van der Waals surface area contributed by atoms with Gasteiger partial charge in [-0.15, -0.1) is 0 Å². The van der Waals surface area contributed by atoms with E-state index in [0.717, 1.165) is 0 Å². The highest BCUT2D eigenvalue weighted by molar-refractivity contribution is 5.78. The molecule has 1 aromatic rings. The van der Waals surface area contributed by atoms with Crippen LogP contribution in [0.2, 0.25) is 0 Å². The van der Waals surface area contributed by atoms with Gasteiger partial charge in [0.25, 0.3) is 5.91 Å². The average molecular weight is 264 g/mol. The van der Waals surface area contributed by atoms with E-state index in [1.807, 2.05) is 13.8 Å². The first-order valence-electron chi connectivity index (χ1n) is 6.36. The van der Waals surface area contributed by atoms with Crippen LogP contribution in [0.1, 0.15) is 13.8 Å². The van der Waals surface area contributed by atoms with Crippen molar-refractivity contribution in [3.05, 3.63) is 24.3 Å². The third-order valence-corrected chi connectivity index (χ3v) is 3.00.